The van der Waals surface area contributed by atoms with Gasteiger partial charge in [-0.25, -0.2) is 0 Å². The van der Waals surface area contributed by atoms with Crippen molar-refractivity contribution >= 4 is 40.5 Å². The van der Waals surface area contributed by atoms with Crippen LogP contribution in [0.1, 0.15) is 59.3 Å². The number of carboxylic acid groups (broad SMARTS) is 1. The third-order valence-corrected chi connectivity index (χ3v) is 7.18. The smallest absolute Gasteiger partial charge is 0.310 e. The minimum atomic E-state index is -0.823. The van der Waals surface area contributed by atoms with Crippen molar-refractivity contribution in [2.75, 3.05) is 13.2 Å². The summed E-state index contributed by atoms with van der Waals surface area (Å²) < 4.78 is 7.53. The minimum Gasteiger partial charge on any atom is -0.481 e. The predicted octanol–water partition coefficient (Wildman–Crippen LogP) is 5.49. The van der Waals surface area contributed by atoms with Crippen LogP contribution in [0.5, 0.6) is 0 Å². The van der Waals surface area contributed by atoms with E-state index in [4.69, 9.17) is 16.3 Å². The molecule has 1 fully saturated rings. The zero-order valence-corrected chi connectivity index (χ0v) is 20.2. The molecule has 1 aliphatic heterocycles. The Morgan fingerprint density at radius 3 is 2.62 bits per heavy atom. The molecule has 1 aliphatic rings. The standard InChI is InChI=1S/C27H29ClN2O4/c1-4-6-20(26(32)33)18-7-10-19(11-8-18)27(13-14-34-16-27)29-25(31)23-15-21-22(30(23)3)12-9-17(5-2)24(21)28/h5,7-12,15,20H,2,4,6,13-14,16H2,1,3H3,(H,29,31)(H,32,33). The Morgan fingerprint density at radius 1 is 1.29 bits per heavy atom. The van der Waals surface area contributed by atoms with Gasteiger partial charge < -0.3 is 19.7 Å². The molecule has 2 aromatic carbocycles. The Labute approximate surface area is 204 Å². The number of amides is 1. The molecule has 7 heteroatoms. The summed E-state index contributed by atoms with van der Waals surface area (Å²) in [6, 6.07) is 13.1. The number of nitrogens with zero attached hydrogens (tertiary/aromatic N) is 1. The Bertz CT molecular complexity index is 1240. The predicted molar refractivity (Wildman–Crippen MR) is 134 cm³/mol. The van der Waals surface area contributed by atoms with Crippen molar-refractivity contribution < 1.29 is 19.4 Å². The van der Waals surface area contributed by atoms with E-state index >= 15 is 0 Å². The molecule has 4 rings (SSSR count). The fourth-order valence-electron chi connectivity index (χ4n) is 4.77. The molecule has 2 atom stereocenters. The largest absolute Gasteiger partial charge is 0.481 e. The summed E-state index contributed by atoms with van der Waals surface area (Å²) in [6.45, 7) is 6.64. The topological polar surface area (TPSA) is 80.6 Å². The second-order valence-electron chi connectivity index (χ2n) is 8.83. The summed E-state index contributed by atoms with van der Waals surface area (Å²) in [7, 11) is 1.84. The number of carboxylic acids is 1. The Hall–Kier alpha value is -3.09. The summed E-state index contributed by atoms with van der Waals surface area (Å²) in [5.74, 6) is -1.58. The maximum absolute atomic E-state index is 13.5. The lowest BCUT2D eigenvalue weighted by molar-refractivity contribution is -0.139. The zero-order valence-electron chi connectivity index (χ0n) is 19.4. The lowest BCUT2D eigenvalue weighted by Crippen LogP contribution is -2.47. The molecule has 0 spiro atoms. The molecule has 3 aromatic rings. The van der Waals surface area contributed by atoms with E-state index in [2.05, 4.69) is 11.9 Å². The fourth-order valence-corrected chi connectivity index (χ4v) is 5.06. The van der Waals surface area contributed by atoms with E-state index in [0.717, 1.165) is 34.0 Å². The van der Waals surface area contributed by atoms with Crippen molar-refractivity contribution in [2.45, 2.75) is 37.6 Å². The SMILES string of the molecule is C=Cc1ccc2c(cc(C(=O)NC3(c4ccc(C(CCC)C(=O)O)cc4)CCOC3)n2C)c1Cl. The molecule has 2 heterocycles. The quantitative estimate of drug-likeness (QED) is 0.446. The van der Waals surface area contributed by atoms with Crippen LogP contribution >= 0.6 is 11.6 Å². The lowest BCUT2D eigenvalue weighted by atomic mass is 9.86. The Balaban J connectivity index is 1.65. The minimum absolute atomic E-state index is 0.223. The van der Waals surface area contributed by atoms with Gasteiger partial charge in [-0.1, -0.05) is 67.9 Å². The molecule has 34 heavy (non-hydrogen) atoms. The van der Waals surface area contributed by atoms with Crippen LogP contribution in [0.2, 0.25) is 5.02 Å². The molecular formula is C27H29ClN2O4. The van der Waals surface area contributed by atoms with Gasteiger partial charge in [-0.05, 0) is 35.2 Å². The second kappa shape index (κ2) is 9.65. The first-order valence-corrected chi connectivity index (χ1v) is 11.8. The highest BCUT2D eigenvalue weighted by Gasteiger charge is 2.39. The summed E-state index contributed by atoms with van der Waals surface area (Å²) in [6.07, 6.45) is 3.69. The summed E-state index contributed by atoms with van der Waals surface area (Å²) in [5.41, 5.74) is 3.14. The highest BCUT2D eigenvalue weighted by molar-refractivity contribution is 6.37. The van der Waals surface area contributed by atoms with Gasteiger partial charge in [0.15, 0.2) is 0 Å². The third-order valence-electron chi connectivity index (χ3n) is 6.76. The molecule has 2 N–H and O–H groups in total. The molecule has 178 valence electrons. The summed E-state index contributed by atoms with van der Waals surface area (Å²) in [4.78, 5) is 25.1. The van der Waals surface area contributed by atoms with Gasteiger partial charge in [0.05, 0.1) is 23.1 Å². The number of hydrogen-bond donors (Lipinski definition) is 2. The number of aliphatic carboxylic acids is 1. The number of carbonyl (C=O) groups is 2. The maximum atomic E-state index is 13.5. The van der Waals surface area contributed by atoms with Gasteiger partial charge >= 0.3 is 5.97 Å². The number of hydrogen-bond acceptors (Lipinski definition) is 3. The van der Waals surface area contributed by atoms with Crippen LogP contribution < -0.4 is 5.32 Å². The highest BCUT2D eigenvalue weighted by atomic mass is 35.5. The van der Waals surface area contributed by atoms with Crippen LogP contribution in [0.4, 0.5) is 0 Å². The first-order chi connectivity index (χ1) is 16.3. The lowest BCUT2D eigenvalue weighted by Gasteiger charge is -2.30. The molecule has 1 aromatic heterocycles. The van der Waals surface area contributed by atoms with Gasteiger partial charge in [0, 0.05) is 31.0 Å². The second-order valence-corrected chi connectivity index (χ2v) is 9.21. The number of nitrogens with one attached hydrogen (secondary N) is 1. The average molecular weight is 481 g/mol. The Morgan fingerprint density at radius 2 is 2.03 bits per heavy atom. The number of rotatable bonds is 8. The number of fused-ring (bicyclic) bond motifs is 1. The Kier molecular flexibility index (Phi) is 6.82. The van der Waals surface area contributed by atoms with Crippen LogP contribution in [0.3, 0.4) is 0 Å². The number of aromatic nitrogens is 1. The van der Waals surface area contributed by atoms with E-state index < -0.39 is 17.4 Å². The summed E-state index contributed by atoms with van der Waals surface area (Å²) >= 11 is 6.53. The molecule has 1 amide bonds. The number of aryl methyl sites for hydroxylation is 1. The fraction of sp³-hybridized carbons (Fsp3) is 0.333. The molecule has 1 saturated heterocycles. The first kappa shape index (κ1) is 24.0. The van der Waals surface area contributed by atoms with E-state index in [1.807, 2.05) is 54.9 Å². The van der Waals surface area contributed by atoms with Gasteiger partial charge in [-0.15, -0.1) is 0 Å². The molecular weight excluding hydrogens is 452 g/mol. The molecule has 6 nitrogen and oxygen atoms in total. The van der Waals surface area contributed by atoms with E-state index in [1.165, 1.54) is 0 Å². The van der Waals surface area contributed by atoms with Gasteiger partial charge in [0.25, 0.3) is 5.91 Å². The monoisotopic (exact) mass is 480 g/mol. The number of ether oxygens (including phenoxy) is 1. The number of halogens is 1. The van der Waals surface area contributed by atoms with Gasteiger partial charge in [-0.2, -0.15) is 0 Å². The van der Waals surface area contributed by atoms with Gasteiger partial charge in [-0.3, -0.25) is 9.59 Å². The van der Waals surface area contributed by atoms with Crippen LogP contribution in [0.15, 0.2) is 49.0 Å². The van der Waals surface area contributed by atoms with Crippen molar-refractivity contribution in [1.29, 1.82) is 0 Å². The molecule has 2 unspecified atom stereocenters. The van der Waals surface area contributed by atoms with E-state index in [0.29, 0.717) is 36.8 Å². The molecule has 0 bridgehead atoms. The maximum Gasteiger partial charge on any atom is 0.310 e. The molecule has 0 saturated carbocycles. The van der Waals surface area contributed by atoms with Gasteiger partial charge in [0.2, 0.25) is 0 Å². The van der Waals surface area contributed by atoms with Crippen molar-refractivity contribution in [2.24, 2.45) is 7.05 Å². The van der Waals surface area contributed by atoms with Crippen LogP contribution in [0.25, 0.3) is 17.0 Å². The van der Waals surface area contributed by atoms with Gasteiger partial charge in [0.1, 0.15) is 5.69 Å². The van der Waals surface area contributed by atoms with Crippen LogP contribution in [-0.2, 0) is 22.1 Å². The molecule has 0 radical (unpaired) electrons. The van der Waals surface area contributed by atoms with Crippen LogP contribution in [-0.4, -0.2) is 34.8 Å². The van der Waals surface area contributed by atoms with E-state index in [9.17, 15) is 14.7 Å². The molecule has 0 aliphatic carbocycles. The van der Waals surface area contributed by atoms with Crippen molar-refractivity contribution in [3.63, 3.8) is 0 Å². The third kappa shape index (κ3) is 4.24. The zero-order chi connectivity index (χ0) is 24.5. The number of carbonyl (C=O) groups excluding carboxylic acids is 1. The summed E-state index contributed by atoms with van der Waals surface area (Å²) in [5, 5.41) is 14.1. The normalized spacial score (nSPS) is 18.7. The number of benzene rings is 2. The van der Waals surface area contributed by atoms with Crippen molar-refractivity contribution in [3.8, 4) is 0 Å². The van der Waals surface area contributed by atoms with E-state index in [1.54, 1.807) is 12.1 Å². The highest BCUT2D eigenvalue weighted by Crippen LogP contribution is 2.34. The van der Waals surface area contributed by atoms with Crippen molar-refractivity contribution in [1.82, 2.24) is 9.88 Å². The van der Waals surface area contributed by atoms with Crippen molar-refractivity contribution in [3.05, 3.63) is 76.5 Å². The van der Waals surface area contributed by atoms with Crippen LogP contribution in [0, 0.1) is 0 Å². The van der Waals surface area contributed by atoms with E-state index in [-0.39, 0.29) is 5.91 Å². The first-order valence-electron chi connectivity index (χ1n) is 11.4. The average Bonchev–Trinajstić information content (AvgIpc) is 3.43.